The van der Waals surface area contributed by atoms with Crippen molar-refractivity contribution in [1.29, 1.82) is 0 Å². The summed E-state index contributed by atoms with van der Waals surface area (Å²) in [7, 11) is 0. The third kappa shape index (κ3) is 3.13. The molecule has 1 unspecified atom stereocenters. The number of fused-ring (bicyclic) bond motifs is 1. The molecule has 5 rings (SSSR count). The number of nitrogens with zero attached hydrogens (tertiary/aromatic N) is 4. The zero-order valence-corrected chi connectivity index (χ0v) is 15.3. The molecule has 0 bridgehead atoms. The SMILES string of the molecule is Fc1cccc(-c2c3c(nc(OC4CCOC4)c2-c2nnn[nH]2)CCCC3)c1. The maximum absolute atomic E-state index is 14.1. The Morgan fingerprint density at radius 3 is 2.89 bits per heavy atom. The summed E-state index contributed by atoms with van der Waals surface area (Å²) in [5.74, 6) is 0.662. The number of pyridine rings is 1. The van der Waals surface area contributed by atoms with Crippen LogP contribution in [0.4, 0.5) is 4.39 Å². The normalized spacial score (nSPS) is 18.8. The summed E-state index contributed by atoms with van der Waals surface area (Å²) in [5, 5.41) is 14.4. The van der Waals surface area contributed by atoms with Gasteiger partial charge in [-0.2, -0.15) is 0 Å². The standard InChI is InChI=1S/C20H20FN5O2/c21-13-5-3-4-12(10-13)17-15-6-1-2-7-16(15)22-20(28-14-8-9-27-11-14)18(17)19-23-25-26-24-19/h3-5,10,14H,1-2,6-9,11H2,(H,23,24,25,26). The van der Waals surface area contributed by atoms with Gasteiger partial charge in [-0.25, -0.2) is 14.5 Å². The number of aromatic nitrogens is 5. The molecule has 28 heavy (non-hydrogen) atoms. The van der Waals surface area contributed by atoms with E-state index in [1.807, 2.05) is 6.07 Å². The Balaban J connectivity index is 1.76. The lowest BCUT2D eigenvalue weighted by atomic mass is 9.86. The quantitative estimate of drug-likeness (QED) is 0.747. The van der Waals surface area contributed by atoms with E-state index in [9.17, 15) is 4.39 Å². The van der Waals surface area contributed by atoms with Gasteiger partial charge in [0.05, 0.1) is 18.8 Å². The number of rotatable bonds is 4. The molecule has 2 aliphatic rings. The summed E-state index contributed by atoms with van der Waals surface area (Å²) in [6.45, 7) is 1.20. The van der Waals surface area contributed by atoms with E-state index in [2.05, 4.69) is 20.6 Å². The van der Waals surface area contributed by atoms with Crippen LogP contribution < -0.4 is 4.74 Å². The molecule has 0 spiro atoms. The Morgan fingerprint density at radius 1 is 1.18 bits per heavy atom. The maximum atomic E-state index is 14.1. The molecular formula is C20H20FN5O2. The smallest absolute Gasteiger partial charge is 0.225 e. The number of ether oxygens (including phenoxy) is 2. The number of aromatic amines is 1. The predicted molar refractivity (Wildman–Crippen MR) is 99.3 cm³/mol. The van der Waals surface area contributed by atoms with Crippen LogP contribution in [0.1, 0.15) is 30.5 Å². The second-order valence-electron chi connectivity index (χ2n) is 7.16. The molecular weight excluding hydrogens is 361 g/mol. The van der Waals surface area contributed by atoms with Crippen molar-refractivity contribution in [2.24, 2.45) is 0 Å². The molecule has 3 heterocycles. The Labute approximate surface area is 161 Å². The molecule has 144 valence electrons. The zero-order chi connectivity index (χ0) is 18.9. The second kappa shape index (κ2) is 7.27. The van der Waals surface area contributed by atoms with E-state index in [-0.39, 0.29) is 11.9 Å². The number of halogens is 1. The van der Waals surface area contributed by atoms with E-state index >= 15 is 0 Å². The van der Waals surface area contributed by atoms with Crippen molar-refractivity contribution in [3.63, 3.8) is 0 Å². The van der Waals surface area contributed by atoms with Gasteiger partial charge in [-0.05, 0) is 59.4 Å². The third-order valence-electron chi connectivity index (χ3n) is 5.30. The van der Waals surface area contributed by atoms with Gasteiger partial charge in [0.1, 0.15) is 11.9 Å². The van der Waals surface area contributed by atoms with Crippen LogP contribution in [0.15, 0.2) is 24.3 Å². The second-order valence-corrected chi connectivity index (χ2v) is 7.16. The van der Waals surface area contributed by atoms with Gasteiger partial charge >= 0.3 is 0 Å². The molecule has 0 amide bonds. The molecule has 1 fully saturated rings. The molecule has 7 nitrogen and oxygen atoms in total. The Hall–Kier alpha value is -2.87. The van der Waals surface area contributed by atoms with Gasteiger partial charge in [0.25, 0.3) is 0 Å². The van der Waals surface area contributed by atoms with Gasteiger partial charge in [-0.3, -0.25) is 0 Å². The summed E-state index contributed by atoms with van der Waals surface area (Å²) >= 11 is 0. The van der Waals surface area contributed by atoms with Crippen molar-refractivity contribution in [2.45, 2.75) is 38.2 Å². The third-order valence-corrected chi connectivity index (χ3v) is 5.30. The van der Waals surface area contributed by atoms with Gasteiger partial charge in [-0.1, -0.05) is 12.1 Å². The fourth-order valence-electron chi connectivity index (χ4n) is 4.01. The Kier molecular flexibility index (Phi) is 4.48. The highest BCUT2D eigenvalue weighted by Gasteiger charge is 2.29. The largest absolute Gasteiger partial charge is 0.471 e. The molecule has 3 aromatic rings. The first-order valence-electron chi connectivity index (χ1n) is 9.60. The van der Waals surface area contributed by atoms with Crippen molar-refractivity contribution < 1.29 is 13.9 Å². The first-order chi connectivity index (χ1) is 13.8. The van der Waals surface area contributed by atoms with Crippen molar-refractivity contribution in [1.82, 2.24) is 25.6 Å². The lowest BCUT2D eigenvalue weighted by Crippen LogP contribution is -2.19. The van der Waals surface area contributed by atoms with Crippen LogP contribution in [0, 0.1) is 5.82 Å². The molecule has 8 heteroatoms. The first-order valence-corrected chi connectivity index (χ1v) is 9.60. The van der Waals surface area contributed by atoms with Gasteiger partial charge < -0.3 is 9.47 Å². The van der Waals surface area contributed by atoms with Crippen molar-refractivity contribution in [3.05, 3.63) is 41.3 Å². The number of nitrogens with one attached hydrogen (secondary N) is 1. The fraction of sp³-hybridized carbons (Fsp3) is 0.400. The fourth-order valence-corrected chi connectivity index (χ4v) is 4.01. The van der Waals surface area contributed by atoms with Crippen LogP contribution in [0.2, 0.25) is 0 Å². The molecule has 1 N–H and O–H groups in total. The first kappa shape index (κ1) is 17.2. The number of hydrogen-bond donors (Lipinski definition) is 1. The van der Waals surface area contributed by atoms with Crippen LogP contribution in [0.5, 0.6) is 5.88 Å². The minimum Gasteiger partial charge on any atom is -0.471 e. The number of hydrogen-bond acceptors (Lipinski definition) is 6. The summed E-state index contributed by atoms with van der Waals surface area (Å²) < 4.78 is 25.8. The van der Waals surface area contributed by atoms with E-state index in [0.717, 1.165) is 54.5 Å². The molecule has 1 aromatic carbocycles. The zero-order valence-electron chi connectivity index (χ0n) is 15.3. The van der Waals surface area contributed by atoms with Crippen molar-refractivity contribution in [3.8, 4) is 28.4 Å². The average molecular weight is 381 g/mol. The number of H-pyrrole nitrogens is 1. The molecule has 1 aliphatic carbocycles. The van der Waals surface area contributed by atoms with Crippen molar-refractivity contribution >= 4 is 0 Å². The van der Waals surface area contributed by atoms with Gasteiger partial charge in [0, 0.05) is 17.7 Å². The molecule has 0 radical (unpaired) electrons. The highest BCUT2D eigenvalue weighted by molar-refractivity contribution is 5.86. The van der Waals surface area contributed by atoms with Crippen LogP contribution in [-0.2, 0) is 17.6 Å². The highest BCUT2D eigenvalue weighted by atomic mass is 19.1. The Bertz CT molecular complexity index is 987. The van der Waals surface area contributed by atoms with E-state index < -0.39 is 0 Å². The van der Waals surface area contributed by atoms with Gasteiger partial charge in [0.2, 0.25) is 5.88 Å². The molecule has 1 atom stereocenters. The minimum absolute atomic E-state index is 0.0656. The molecule has 1 aliphatic heterocycles. The van der Waals surface area contributed by atoms with Crippen LogP contribution in [0.25, 0.3) is 22.5 Å². The van der Waals surface area contributed by atoms with Crippen LogP contribution >= 0.6 is 0 Å². The lowest BCUT2D eigenvalue weighted by molar-refractivity contribution is 0.138. The van der Waals surface area contributed by atoms with Crippen molar-refractivity contribution in [2.75, 3.05) is 13.2 Å². The van der Waals surface area contributed by atoms with E-state index in [1.165, 1.54) is 6.07 Å². The minimum atomic E-state index is -0.285. The van der Waals surface area contributed by atoms with Gasteiger partial charge in [0.15, 0.2) is 5.82 Å². The van der Waals surface area contributed by atoms with Crippen LogP contribution in [-0.4, -0.2) is 44.9 Å². The monoisotopic (exact) mass is 381 g/mol. The molecule has 0 saturated carbocycles. The predicted octanol–water partition coefficient (Wildman–Crippen LogP) is 3.11. The lowest BCUT2D eigenvalue weighted by Gasteiger charge is -2.24. The summed E-state index contributed by atoms with van der Waals surface area (Å²) in [5.41, 5.74) is 4.49. The molecule has 2 aromatic heterocycles. The van der Waals surface area contributed by atoms with Crippen LogP contribution in [0.3, 0.4) is 0 Å². The summed E-state index contributed by atoms with van der Waals surface area (Å²) in [6, 6.07) is 6.61. The van der Waals surface area contributed by atoms with E-state index in [4.69, 9.17) is 14.5 Å². The summed E-state index contributed by atoms with van der Waals surface area (Å²) in [4.78, 5) is 4.85. The van der Waals surface area contributed by atoms with Gasteiger partial charge in [-0.15, -0.1) is 5.10 Å². The summed E-state index contributed by atoms with van der Waals surface area (Å²) in [6.07, 6.45) is 4.66. The highest BCUT2D eigenvalue weighted by Crippen LogP contribution is 2.43. The Morgan fingerprint density at radius 2 is 2.11 bits per heavy atom. The number of benzene rings is 1. The van der Waals surface area contributed by atoms with E-state index in [0.29, 0.717) is 30.5 Å². The number of aryl methyl sites for hydroxylation is 1. The maximum Gasteiger partial charge on any atom is 0.225 e. The average Bonchev–Trinajstić information content (AvgIpc) is 3.41. The molecule has 1 saturated heterocycles. The number of tetrazole rings is 1. The van der Waals surface area contributed by atoms with E-state index in [1.54, 1.807) is 12.1 Å². The topological polar surface area (TPSA) is 85.8 Å².